The molecule has 1 fully saturated rings. The summed E-state index contributed by atoms with van der Waals surface area (Å²) in [5, 5.41) is 8.56. The van der Waals surface area contributed by atoms with Crippen molar-refractivity contribution < 1.29 is 9.90 Å². The highest BCUT2D eigenvalue weighted by molar-refractivity contribution is 5.66. The minimum atomic E-state index is -0.648. The maximum Gasteiger partial charge on any atom is 0.303 e. The van der Waals surface area contributed by atoms with E-state index in [1.807, 2.05) is 0 Å². The first-order valence-corrected chi connectivity index (χ1v) is 7.95. The number of carboxylic acid groups (broad SMARTS) is 1. The van der Waals surface area contributed by atoms with Crippen LogP contribution < -0.4 is 0 Å². The normalized spacial score (nSPS) is 23.4. The number of carbonyl (C=O) groups is 1. The van der Waals surface area contributed by atoms with Gasteiger partial charge in [0, 0.05) is 6.42 Å². The fourth-order valence-electron chi connectivity index (χ4n) is 3.38. The molecular formula is C16H30O2. The first-order valence-electron chi connectivity index (χ1n) is 7.95. The van der Waals surface area contributed by atoms with Crippen LogP contribution in [0, 0.1) is 11.8 Å². The van der Waals surface area contributed by atoms with Gasteiger partial charge in [0.2, 0.25) is 0 Å². The zero-order valence-electron chi connectivity index (χ0n) is 12.0. The molecule has 0 unspecified atom stereocenters. The van der Waals surface area contributed by atoms with Crippen molar-refractivity contribution in [2.24, 2.45) is 11.8 Å². The van der Waals surface area contributed by atoms with Crippen molar-refractivity contribution in [3.8, 4) is 0 Å². The van der Waals surface area contributed by atoms with Crippen LogP contribution in [0.2, 0.25) is 0 Å². The molecule has 0 radical (unpaired) electrons. The lowest BCUT2D eigenvalue weighted by Gasteiger charge is -2.19. The van der Waals surface area contributed by atoms with E-state index in [2.05, 4.69) is 6.92 Å². The summed E-state index contributed by atoms with van der Waals surface area (Å²) in [4.78, 5) is 10.4. The molecular weight excluding hydrogens is 224 g/mol. The van der Waals surface area contributed by atoms with Gasteiger partial charge in [-0.1, -0.05) is 71.1 Å². The Morgan fingerprint density at radius 3 is 2.22 bits per heavy atom. The van der Waals surface area contributed by atoms with Crippen LogP contribution in [0.4, 0.5) is 0 Å². The summed E-state index contributed by atoms with van der Waals surface area (Å²) in [5.41, 5.74) is 0. The molecule has 0 heterocycles. The molecule has 1 N–H and O–H groups in total. The van der Waals surface area contributed by atoms with Gasteiger partial charge in [-0.3, -0.25) is 4.79 Å². The van der Waals surface area contributed by atoms with Crippen LogP contribution in [0.15, 0.2) is 0 Å². The molecule has 106 valence electrons. The van der Waals surface area contributed by atoms with Gasteiger partial charge in [-0.25, -0.2) is 0 Å². The molecule has 1 aliphatic rings. The van der Waals surface area contributed by atoms with E-state index in [0.29, 0.717) is 6.42 Å². The Labute approximate surface area is 112 Å². The summed E-state index contributed by atoms with van der Waals surface area (Å²) < 4.78 is 0. The van der Waals surface area contributed by atoms with Crippen LogP contribution in [0.1, 0.15) is 84.0 Å². The lowest BCUT2D eigenvalue weighted by Crippen LogP contribution is -2.07. The summed E-state index contributed by atoms with van der Waals surface area (Å²) in [7, 11) is 0. The molecule has 0 aliphatic heterocycles. The van der Waals surface area contributed by atoms with Gasteiger partial charge in [-0.15, -0.1) is 0 Å². The van der Waals surface area contributed by atoms with Crippen molar-refractivity contribution in [2.45, 2.75) is 84.0 Å². The summed E-state index contributed by atoms with van der Waals surface area (Å²) in [6.45, 7) is 2.28. The van der Waals surface area contributed by atoms with Crippen molar-refractivity contribution in [3.05, 3.63) is 0 Å². The van der Waals surface area contributed by atoms with Crippen LogP contribution >= 0.6 is 0 Å². The summed E-state index contributed by atoms with van der Waals surface area (Å²) in [6, 6.07) is 0. The first-order chi connectivity index (χ1) is 8.74. The lowest BCUT2D eigenvalue weighted by molar-refractivity contribution is -0.137. The predicted molar refractivity (Wildman–Crippen MR) is 75.7 cm³/mol. The van der Waals surface area contributed by atoms with Crippen LogP contribution in [-0.2, 0) is 4.79 Å². The number of unbranched alkanes of at least 4 members (excludes halogenated alkanes) is 4. The van der Waals surface area contributed by atoms with Gasteiger partial charge < -0.3 is 5.11 Å². The first kappa shape index (κ1) is 15.5. The van der Waals surface area contributed by atoms with Gasteiger partial charge in [0.1, 0.15) is 0 Å². The van der Waals surface area contributed by atoms with E-state index >= 15 is 0 Å². The molecule has 0 aromatic carbocycles. The molecule has 1 rings (SSSR count). The largest absolute Gasteiger partial charge is 0.481 e. The van der Waals surface area contributed by atoms with Crippen molar-refractivity contribution in [3.63, 3.8) is 0 Å². The maximum absolute atomic E-state index is 10.4. The van der Waals surface area contributed by atoms with Crippen molar-refractivity contribution in [1.29, 1.82) is 0 Å². The standard InChI is InChI=1S/C16H30O2/c1-2-3-9-14-11-8-12-15(14)10-6-4-5-7-13-16(17)18/h14-15H,2-13H2,1H3,(H,17,18)/t14-,15-/m0/s1. The minimum Gasteiger partial charge on any atom is -0.481 e. The van der Waals surface area contributed by atoms with Gasteiger partial charge in [0.15, 0.2) is 0 Å². The monoisotopic (exact) mass is 254 g/mol. The van der Waals surface area contributed by atoms with E-state index < -0.39 is 5.97 Å². The van der Waals surface area contributed by atoms with E-state index in [0.717, 1.165) is 24.7 Å². The second-order valence-corrected chi connectivity index (χ2v) is 5.94. The summed E-state index contributed by atoms with van der Waals surface area (Å²) >= 11 is 0. The molecule has 0 bridgehead atoms. The molecule has 1 aliphatic carbocycles. The Balaban J connectivity index is 2.01. The van der Waals surface area contributed by atoms with Crippen LogP contribution in [0.3, 0.4) is 0 Å². The van der Waals surface area contributed by atoms with Gasteiger partial charge >= 0.3 is 5.97 Å². The summed E-state index contributed by atoms with van der Waals surface area (Å²) in [6.07, 6.45) is 14.8. The van der Waals surface area contributed by atoms with Gasteiger partial charge in [0.05, 0.1) is 0 Å². The molecule has 1 saturated carbocycles. The Morgan fingerprint density at radius 1 is 1.00 bits per heavy atom. The van der Waals surface area contributed by atoms with E-state index in [-0.39, 0.29) is 0 Å². The average molecular weight is 254 g/mol. The van der Waals surface area contributed by atoms with Crippen LogP contribution in [0.25, 0.3) is 0 Å². The molecule has 0 spiro atoms. The molecule has 18 heavy (non-hydrogen) atoms. The Kier molecular flexibility index (Phi) is 8.11. The van der Waals surface area contributed by atoms with Crippen molar-refractivity contribution >= 4 is 5.97 Å². The predicted octanol–water partition coefficient (Wildman–Crippen LogP) is 5.02. The summed E-state index contributed by atoms with van der Waals surface area (Å²) in [5.74, 6) is 1.34. The number of aliphatic carboxylic acids is 1. The number of carboxylic acids is 1. The molecule has 0 amide bonds. The zero-order valence-corrected chi connectivity index (χ0v) is 12.0. The van der Waals surface area contributed by atoms with Gasteiger partial charge in [0.25, 0.3) is 0 Å². The second-order valence-electron chi connectivity index (χ2n) is 5.94. The Hall–Kier alpha value is -0.530. The minimum absolute atomic E-state index is 0.350. The average Bonchev–Trinajstić information content (AvgIpc) is 2.78. The van der Waals surface area contributed by atoms with Gasteiger partial charge in [-0.2, -0.15) is 0 Å². The fourth-order valence-corrected chi connectivity index (χ4v) is 3.38. The molecule has 0 aromatic rings. The smallest absolute Gasteiger partial charge is 0.303 e. The topological polar surface area (TPSA) is 37.3 Å². The Morgan fingerprint density at radius 2 is 1.61 bits per heavy atom. The van der Waals surface area contributed by atoms with Crippen LogP contribution in [0.5, 0.6) is 0 Å². The number of hydrogen-bond donors (Lipinski definition) is 1. The third kappa shape index (κ3) is 6.42. The molecule has 0 saturated heterocycles. The highest BCUT2D eigenvalue weighted by Crippen LogP contribution is 2.38. The number of rotatable bonds is 10. The molecule has 2 atom stereocenters. The highest BCUT2D eigenvalue weighted by atomic mass is 16.4. The number of hydrogen-bond acceptors (Lipinski definition) is 1. The van der Waals surface area contributed by atoms with Crippen LogP contribution in [-0.4, -0.2) is 11.1 Å². The third-order valence-electron chi connectivity index (χ3n) is 4.46. The molecule has 2 heteroatoms. The quantitative estimate of drug-likeness (QED) is 0.556. The maximum atomic E-state index is 10.4. The van der Waals surface area contributed by atoms with E-state index in [1.165, 1.54) is 57.8 Å². The lowest BCUT2D eigenvalue weighted by atomic mass is 9.87. The van der Waals surface area contributed by atoms with E-state index in [1.54, 1.807) is 0 Å². The SMILES string of the molecule is CCCC[C@H]1CCC[C@@H]1CCCCCCC(=O)O. The van der Waals surface area contributed by atoms with E-state index in [9.17, 15) is 4.79 Å². The fraction of sp³-hybridized carbons (Fsp3) is 0.938. The molecule has 0 aromatic heterocycles. The zero-order chi connectivity index (χ0) is 13.2. The third-order valence-corrected chi connectivity index (χ3v) is 4.46. The second kappa shape index (κ2) is 9.41. The highest BCUT2D eigenvalue weighted by Gasteiger charge is 2.25. The Bertz CT molecular complexity index is 225. The van der Waals surface area contributed by atoms with Crippen molar-refractivity contribution in [2.75, 3.05) is 0 Å². The van der Waals surface area contributed by atoms with Crippen molar-refractivity contribution in [1.82, 2.24) is 0 Å². The van der Waals surface area contributed by atoms with E-state index in [4.69, 9.17) is 5.11 Å². The van der Waals surface area contributed by atoms with Gasteiger partial charge in [-0.05, 0) is 18.3 Å². The molecule has 2 nitrogen and oxygen atoms in total.